The lowest BCUT2D eigenvalue weighted by molar-refractivity contribution is -0.127. The Morgan fingerprint density at radius 3 is 2.31 bits per heavy atom. The highest BCUT2D eigenvalue weighted by Gasteiger charge is 2.45. The van der Waals surface area contributed by atoms with Gasteiger partial charge in [-0.05, 0) is 6.42 Å². The third-order valence-corrected chi connectivity index (χ3v) is 2.99. The van der Waals surface area contributed by atoms with Gasteiger partial charge in [0.15, 0.2) is 0 Å². The van der Waals surface area contributed by atoms with Crippen molar-refractivity contribution in [3.63, 3.8) is 0 Å². The zero-order valence-corrected chi connectivity index (χ0v) is 7.24. The highest BCUT2D eigenvalue weighted by atomic mass is 16.4. The molecule has 4 N–H and O–H groups in total. The molecule has 0 aromatic heterocycles. The van der Waals surface area contributed by atoms with Gasteiger partial charge >= 0.3 is 0 Å². The van der Waals surface area contributed by atoms with Crippen LogP contribution < -0.4 is 0 Å². The van der Waals surface area contributed by atoms with E-state index in [0.717, 1.165) is 0 Å². The second-order valence-electron chi connectivity index (χ2n) is 3.96. The maximum Gasteiger partial charge on any atom is 0.108 e. The third kappa shape index (κ3) is 1.47. The number of aliphatic hydroxyl groups is 4. The molecule has 2 rings (SSSR count). The molecule has 0 amide bonds. The van der Waals surface area contributed by atoms with Crippen molar-refractivity contribution in [3.8, 4) is 0 Å². The molecule has 2 saturated heterocycles. The van der Waals surface area contributed by atoms with Crippen molar-refractivity contribution in [2.45, 2.75) is 36.9 Å². The Morgan fingerprint density at radius 1 is 0.923 bits per heavy atom. The number of hydrogen-bond donors (Lipinski definition) is 4. The minimum atomic E-state index is -1.08. The van der Waals surface area contributed by atoms with Crippen LogP contribution >= 0.6 is 0 Å². The highest BCUT2D eigenvalue weighted by Crippen LogP contribution is 2.27. The van der Waals surface area contributed by atoms with Crippen LogP contribution in [0.25, 0.3) is 0 Å². The van der Waals surface area contributed by atoms with Crippen molar-refractivity contribution >= 4 is 0 Å². The minimum Gasteiger partial charge on any atom is -0.392 e. The molecule has 2 aliphatic heterocycles. The molecule has 5 heteroatoms. The third-order valence-electron chi connectivity index (χ3n) is 2.99. The van der Waals surface area contributed by atoms with E-state index in [0.29, 0.717) is 19.5 Å². The van der Waals surface area contributed by atoms with E-state index in [1.54, 1.807) is 0 Å². The molecule has 2 aliphatic rings. The zero-order valence-electron chi connectivity index (χ0n) is 7.24. The maximum absolute atomic E-state index is 9.57. The molecule has 0 bridgehead atoms. The van der Waals surface area contributed by atoms with Gasteiger partial charge in [-0.3, -0.25) is 4.90 Å². The molecule has 0 aliphatic carbocycles. The first-order valence-corrected chi connectivity index (χ1v) is 4.56. The summed E-state index contributed by atoms with van der Waals surface area (Å²) in [6, 6.07) is -0.201. The SMILES string of the molecule is OC1CC2C(O)C(O)C(O)CN2C1. The first kappa shape index (κ1) is 9.36. The summed E-state index contributed by atoms with van der Waals surface area (Å²) in [6.07, 6.45) is -2.90. The number of nitrogens with zero attached hydrogens (tertiary/aromatic N) is 1. The fraction of sp³-hybridized carbons (Fsp3) is 1.00. The van der Waals surface area contributed by atoms with Gasteiger partial charge in [-0.15, -0.1) is 0 Å². The normalized spacial score (nSPS) is 52.2. The molecule has 0 saturated carbocycles. The molecule has 76 valence electrons. The van der Waals surface area contributed by atoms with E-state index >= 15 is 0 Å². The van der Waals surface area contributed by atoms with E-state index in [2.05, 4.69) is 0 Å². The van der Waals surface area contributed by atoms with Crippen molar-refractivity contribution in [3.05, 3.63) is 0 Å². The van der Waals surface area contributed by atoms with Crippen molar-refractivity contribution in [1.29, 1.82) is 0 Å². The van der Waals surface area contributed by atoms with Crippen LogP contribution in [0, 0.1) is 0 Å². The summed E-state index contributed by atoms with van der Waals surface area (Å²) in [4.78, 5) is 1.83. The standard InChI is InChI=1S/C8H15NO4/c10-4-1-5-7(12)8(13)6(11)3-9(5)2-4/h4-8,10-13H,1-3H2. The van der Waals surface area contributed by atoms with Gasteiger partial charge in [-0.1, -0.05) is 0 Å². The monoisotopic (exact) mass is 189 g/mol. The first-order chi connectivity index (χ1) is 6.09. The predicted molar refractivity (Wildman–Crippen MR) is 44.0 cm³/mol. The summed E-state index contributed by atoms with van der Waals surface area (Å²) in [5.74, 6) is 0. The summed E-state index contributed by atoms with van der Waals surface area (Å²) >= 11 is 0. The van der Waals surface area contributed by atoms with E-state index in [-0.39, 0.29) is 6.04 Å². The Kier molecular flexibility index (Phi) is 2.29. The second-order valence-corrected chi connectivity index (χ2v) is 3.96. The summed E-state index contributed by atoms with van der Waals surface area (Å²) in [7, 11) is 0. The molecular formula is C8H15NO4. The van der Waals surface area contributed by atoms with Crippen LogP contribution in [0.4, 0.5) is 0 Å². The van der Waals surface area contributed by atoms with E-state index < -0.39 is 24.4 Å². The summed E-state index contributed by atoms with van der Waals surface area (Å²) < 4.78 is 0. The van der Waals surface area contributed by atoms with Gasteiger partial charge in [0.1, 0.15) is 6.10 Å². The van der Waals surface area contributed by atoms with Gasteiger partial charge < -0.3 is 20.4 Å². The Morgan fingerprint density at radius 2 is 1.62 bits per heavy atom. The Balaban J connectivity index is 2.11. The van der Waals surface area contributed by atoms with Gasteiger partial charge in [0.25, 0.3) is 0 Å². The molecule has 2 fully saturated rings. The largest absolute Gasteiger partial charge is 0.392 e. The van der Waals surface area contributed by atoms with E-state index in [9.17, 15) is 20.4 Å². The van der Waals surface area contributed by atoms with Crippen LogP contribution in [0.1, 0.15) is 6.42 Å². The minimum absolute atomic E-state index is 0.201. The molecule has 0 aromatic rings. The average Bonchev–Trinajstić information content (AvgIpc) is 2.42. The number of rotatable bonds is 0. The molecule has 5 nitrogen and oxygen atoms in total. The summed E-state index contributed by atoms with van der Waals surface area (Å²) in [6.45, 7) is 0.811. The van der Waals surface area contributed by atoms with Crippen molar-refractivity contribution in [2.24, 2.45) is 0 Å². The van der Waals surface area contributed by atoms with Crippen LogP contribution in [0.5, 0.6) is 0 Å². The number of piperidine rings is 1. The molecule has 13 heavy (non-hydrogen) atoms. The zero-order chi connectivity index (χ0) is 9.59. The summed E-state index contributed by atoms with van der Waals surface area (Å²) in [5.41, 5.74) is 0. The van der Waals surface area contributed by atoms with Gasteiger partial charge in [-0.25, -0.2) is 0 Å². The van der Waals surface area contributed by atoms with Crippen molar-refractivity contribution in [1.82, 2.24) is 4.90 Å². The van der Waals surface area contributed by atoms with Crippen molar-refractivity contribution in [2.75, 3.05) is 13.1 Å². The fourth-order valence-corrected chi connectivity index (χ4v) is 2.28. The Bertz CT molecular complexity index is 199. The van der Waals surface area contributed by atoms with E-state index in [4.69, 9.17) is 0 Å². The predicted octanol–water partition coefficient (Wildman–Crippen LogP) is -2.48. The Labute approximate surface area is 76.2 Å². The number of aliphatic hydroxyl groups excluding tert-OH is 4. The van der Waals surface area contributed by atoms with Crippen molar-refractivity contribution < 1.29 is 20.4 Å². The lowest BCUT2D eigenvalue weighted by Gasteiger charge is -2.39. The van der Waals surface area contributed by atoms with Crippen LogP contribution in [-0.2, 0) is 0 Å². The van der Waals surface area contributed by atoms with Crippen LogP contribution in [-0.4, -0.2) is 68.9 Å². The molecular weight excluding hydrogens is 174 g/mol. The summed E-state index contributed by atoms with van der Waals surface area (Å²) in [5, 5.41) is 37.6. The lowest BCUT2D eigenvalue weighted by atomic mass is 9.94. The second kappa shape index (κ2) is 3.18. The topological polar surface area (TPSA) is 84.2 Å². The average molecular weight is 189 g/mol. The molecule has 0 aromatic carbocycles. The smallest absolute Gasteiger partial charge is 0.108 e. The highest BCUT2D eigenvalue weighted by molar-refractivity contribution is 4.99. The van der Waals surface area contributed by atoms with Crippen LogP contribution in [0.15, 0.2) is 0 Å². The van der Waals surface area contributed by atoms with Crippen LogP contribution in [0.2, 0.25) is 0 Å². The molecule has 5 unspecified atom stereocenters. The maximum atomic E-state index is 9.57. The number of fused-ring (bicyclic) bond motifs is 1. The fourth-order valence-electron chi connectivity index (χ4n) is 2.28. The number of hydrogen-bond acceptors (Lipinski definition) is 5. The molecule has 0 spiro atoms. The lowest BCUT2D eigenvalue weighted by Crippen LogP contribution is -2.58. The van der Waals surface area contributed by atoms with E-state index in [1.165, 1.54) is 0 Å². The van der Waals surface area contributed by atoms with E-state index in [1.807, 2.05) is 4.90 Å². The van der Waals surface area contributed by atoms with Gasteiger partial charge in [-0.2, -0.15) is 0 Å². The molecule has 2 heterocycles. The quantitative estimate of drug-likeness (QED) is 0.339. The van der Waals surface area contributed by atoms with Gasteiger partial charge in [0.2, 0.25) is 0 Å². The molecule has 0 radical (unpaired) electrons. The van der Waals surface area contributed by atoms with Crippen LogP contribution in [0.3, 0.4) is 0 Å². The van der Waals surface area contributed by atoms with Gasteiger partial charge in [0, 0.05) is 19.1 Å². The first-order valence-electron chi connectivity index (χ1n) is 4.56. The molecule has 5 atom stereocenters. The Hall–Kier alpha value is -0.200. The van der Waals surface area contributed by atoms with Gasteiger partial charge in [0.05, 0.1) is 18.3 Å².